The second-order valence-electron chi connectivity index (χ2n) is 4.56. The molecule has 5 heteroatoms. The highest BCUT2D eigenvalue weighted by atomic mass is 32.1. The molecule has 2 heterocycles. The summed E-state index contributed by atoms with van der Waals surface area (Å²) in [7, 11) is 1.66. The molecule has 2 aromatic heterocycles. The summed E-state index contributed by atoms with van der Waals surface area (Å²) in [6, 6.07) is 13.7. The maximum absolute atomic E-state index is 8.10. The molecule has 0 aliphatic rings. The lowest BCUT2D eigenvalue weighted by molar-refractivity contribution is 0.415. The molecule has 0 aliphatic carbocycles. The van der Waals surface area contributed by atoms with Crippen molar-refractivity contribution < 1.29 is 4.74 Å². The quantitative estimate of drug-likeness (QED) is 0.804. The molecule has 0 unspecified atom stereocenters. The zero-order chi connectivity index (χ0) is 14.7. The molecule has 3 aromatic rings. The standard InChI is InChI=1S/C16H15N3OS/c1-20-14-7-5-12(6-8-14)15-11-21-16(17)19(15)10-13-4-2-3-9-18-13/h2-9,11,17H,10H2,1H3. The number of aromatic nitrogens is 2. The van der Waals surface area contributed by atoms with Crippen molar-refractivity contribution in [3.8, 4) is 17.0 Å². The van der Waals surface area contributed by atoms with Crippen LogP contribution in [0.3, 0.4) is 0 Å². The average molecular weight is 297 g/mol. The van der Waals surface area contributed by atoms with E-state index < -0.39 is 0 Å². The highest BCUT2D eigenvalue weighted by Crippen LogP contribution is 2.23. The Kier molecular flexibility index (Phi) is 3.83. The Bertz CT molecular complexity index is 775. The lowest BCUT2D eigenvalue weighted by Gasteiger charge is -2.09. The van der Waals surface area contributed by atoms with Gasteiger partial charge >= 0.3 is 0 Å². The average Bonchev–Trinajstić information content (AvgIpc) is 2.90. The van der Waals surface area contributed by atoms with Gasteiger partial charge in [0.15, 0.2) is 4.80 Å². The van der Waals surface area contributed by atoms with Gasteiger partial charge in [-0.05, 0) is 42.0 Å². The van der Waals surface area contributed by atoms with Crippen LogP contribution in [0.2, 0.25) is 0 Å². The summed E-state index contributed by atoms with van der Waals surface area (Å²) in [5, 5.41) is 10.1. The smallest absolute Gasteiger partial charge is 0.182 e. The molecule has 0 aliphatic heterocycles. The van der Waals surface area contributed by atoms with Gasteiger partial charge < -0.3 is 9.30 Å². The minimum Gasteiger partial charge on any atom is -0.497 e. The first-order valence-electron chi connectivity index (χ1n) is 6.55. The Labute approximate surface area is 126 Å². The van der Waals surface area contributed by atoms with Crippen molar-refractivity contribution in [3.05, 3.63) is 64.5 Å². The van der Waals surface area contributed by atoms with E-state index in [0.29, 0.717) is 11.3 Å². The molecule has 0 atom stereocenters. The molecular weight excluding hydrogens is 282 g/mol. The Morgan fingerprint density at radius 1 is 1.19 bits per heavy atom. The Balaban J connectivity index is 1.98. The predicted molar refractivity (Wildman–Crippen MR) is 83.5 cm³/mol. The van der Waals surface area contributed by atoms with E-state index in [1.54, 1.807) is 13.3 Å². The number of nitrogens with one attached hydrogen (secondary N) is 1. The summed E-state index contributed by atoms with van der Waals surface area (Å²) < 4.78 is 7.15. The van der Waals surface area contributed by atoms with Crippen molar-refractivity contribution in [2.24, 2.45) is 0 Å². The molecule has 0 saturated carbocycles. The number of ether oxygens (including phenoxy) is 1. The van der Waals surface area contributed by atoms with Crippen LogP contribution in [0, 0.1) is 5.41 Å². The largest absolute Gasteiger partial charge is 0.497 e. The van der Waals surface area contributed by atoms with E-state index in [9.17, 15) is 0 Å². The third-order valence-corrected chi connectivity index (χ3v) is 4.03. The van der Waals surface area contributed by atoms with Crippen LogP contribution in [0.4, 0.5) is 0 Å². The van der Waals surface area contributed by atoms with Gasteiger partial charge in [-0.2, -0.15) is 0 Å². The van der Waals surface area contributed by atoms with Crippen molar-refractivity contribution >= 4 is 11.3 Å². The molecule has 1 N–H and O–H groups in total. The third-order valence-electron chi connectivity index (χ3n) is 3.25. The topological polar surface area (TPSA) is 50.9 Å². The predicted octanol–water partition coefficient (Wildman–Crippen LogP) is 3.15. The lowest BCUT2D eigenvalue weighted by atomic mass is 10.1. The molecule has 3 rings (SSSR count). The molecule has 0 saturated heterocycles. The molecule has 0 fully saturated rings. The first-order valence-corrected chi connectivity index (χ1v) is 7.43. The second-order valence-corrected chi connectivity index (χ2v) is 5.42. The highest BCUT2D eigenvalue weighted by molar-refractivity contribution is 7.07. The maximum atomic E-state index is 8.10. The van der Waals surface area contributed by atoms with Gasteiger partial charge in [-0.25, -0.2) is 0 Å². The van der Waals surface area contributed by atoms with Crippen LogP contribution < -0.4 is 9.54 Å². The second kappa shape index (κ2) is 5.93. The van der Waals surface area contributed by atoms with Crippen molar-refractivity contribution in [1.29, 1.82) is 5.41 Å². The molecule has 1 aromatic carbocycles. The van der Waals surface area contributed by atoms with Crippen LogP contribution in [0.25, 0.3) is 11.3 Å². The van der Waals surface area contributed by atoms with E-state index in [0.717, 1.165) is 22.7 Å². The van der Waals surface area contributed by atoms with E-state index in [4.69, 9.17) is 10.1 Å². The van der Waals surface area contributed by atoms with Crippen LogP contribution >= 0.6 is 11.3 Å². The van der Waals surface area contributed by atoms with E-state index >= 15 is 0 Å². The van der Waals surface area contributed by atoms with E-state index in [1.165, 1.54) is 11.3 Å². The molecule has 4 nitrogen and oxygen atoms in total. The maximum Gasteiger partial charge on any atom is 0.182 e. The van der Waals surface area contributed by atoms with Crippen LogP contribution in [-0.4, -0.2) is 16.7 Å². The van der Waals surface area contributed by atoms with Crippen molar-refractivity contribution in [3.63, 3.8) is 0 Å². The summed E-state index contributed by atoms with van der Waals surface area (Å²) in [6.07, 6.45) is 1.78. The van der Waals surface area contributed by atoms with Crippen molar-refractivity contribution in [1.82, 2.24) is 9.55 Å². The molecule has 106 valence electrons. The summed E-state index contributed by atoms with van der Waals surface area (Å²) in [4.78, 5) is 4.86. The summed E-state index contributed by atoms with van der Waals surface area (Å²) in [6.45, 7) is 0.602. The Morgan fingerprint density at radius 2 is 2.00 bits per heavy atom. The van der Waals surface area contributed by atoms with Gasteiger partial charge in [-0.1, -0.05) is 6.07 Å². The molecular formula is C16H15N3OS. The SMILES string of the molecule is COc1ccc(-c2csc(=N)n2Cc2ccccn2)cc1. The minimum absolute atomic E-state index is 0.520. The van der Waals surface area contributed by atoms with Gasteiger partial charge in [0.25, 0.3) is 0 Å². The van der Waals surface area contributed by atoms with Gasteiger partial charge in [0.2, 0.25) is 0 Å². The molecule has 0 bridgehead atoms. The number of hydrogen-bond donors (Lipinski definition) is 1. The normalized spacial score (nSPS) is 10.5. The summed E-state index contributed by atoms with van der Waals surface area (Å²) >= 11 is 1.43. The van der Waals surface area contributed by atoms with Crippen LogP contribution in [0.5, 0.6) is 5.75 Å². The zero-order valence-electron chi connectivity index (χ0n) is 11.6. The Morgan fingerprint density at radius 3 is 2.67 bits per heavy atom. The van der Waals surface area contributed by atoms with Gasteiger partial charge in [-0.3, -0.25) is 10.4 Å². The fourth-order valence-corrected chi connectivity index (χ4v) is 2.92. The van der Waals surface area contributed by atoms with Gasteiger partial charge in [0.05, 0.1) is 25.0 Å². The number of benzene rings is 1. The molecule has 0 amide bonds. The number of thiazole rings is 1. The molecule has 0 spiro atoms. The van der Waals surface area contributed by atoms with Gasteiger partial charge in [0, 0.05) is 11.6 Å². The summed E-state index contributed by atoms with van der Waals surface area (Å²) in [5.74, 6) is 0.830. The lowest BCUT2D eigenvalue weighted by Crippen LogP contribution is -2.16. The number of hydrogen-bond acceptors (Lipinski definition) is 4. The first kappa shape index (κ1) is 13.6. The van der Waals surface area contributed by atoms with Gasteiger partial charge in [0.1, 0.15) is 5.75 Å². The molecule has 0 radical (unpaired) electrons. The molecule has 21 heavy (non-hydrogen) atoms. The van der Waals surface area contributed by atoms with Crippen molar-refractivity contribution in [2.75, 3.05) is 7.11 Å². The van der Waals surface area contributed by atoms with Crippen molar-refractivity contribution in [2.45, 2.75) is 6.54 Å². The minimum atomic E-state index is 0.520. The van der Waals surface area contributed by atoms with Crippen LogP contribution in [-0.2, 0) is 6.54 Å². The Hall–Kier alpha value is -2.40. The van der Waals surface area contributed by atoms with Crippen LogP contribution in [0.15, 0.2) is 54.0 Å². The van der Waals surface area contributed by atoms with E-state index in [-0.39, 0.29) is 0 Å². The van der Waals surface area contributed by atoms with Gasteiger partial charge in [-0.15, -0.1) is 11.3 Å². The van der Waals surface area contributed by atoms with Crippen LogP contribution in [0.1, 0.15) is 5.69 Å². The monoisotopic (exact) mass is 297 g/mol. The fourth-order valence-electron chi connectivity index (χ4n) is 2.14. The number of rotatable bonds is 4. The third kappa shape index (κ3) is 2.87. The first-order chi connectivity index (χ1) is 10.3. The van der Waals surface area contributed by atoms with E-state index in [1.807, 2.05) is 52.4 Å². The van der Waals surface area contributed by atoms with E-state index in [2.05, 4.69) is 4.98 Å². The number of pyridine rings is 1. The summed E-state index contributed by atoms with van der Waals surface area (Å²) in [5.41, 5.74) is 3.05. The number of methoxy groups -OCH3 is 1. The zero-order valence-corrected chi connectivity index (χ0v) is 12.4. The highest BCUT2D eigenvalue weighted by Gasteiger charge is 2.08. The number of nitrogens with zero attached hydrogens (tertiary/aromatic N) is 2. The fraction of sp³-hybridized carbons (Fsp3) is 0.125.